The third kappa shape index (κ3) is 3.56. The average Bonchev–Trinajstić information content (AvgIpc) is 3.18. The second kappa shape index (κ2) is 7.44. The fourth-order valence-electron chi connectivity index (χ4n) is 4.62. The zero-order valence-corrected chi connectivity index (χ0v) is 18.0. The molecule has 0 N–H and O–H groups in total. The molecular weight excluding hydrogens is 394 g/mol. The maximum Gasteiger partial charge on any atom is 0.293 e. The molecule has 0 spiro atoms. The molecule has 0 bridgehead atoms. The number of aryl methyl sites for hydroxylation is 3. The minimum Gasteiger partial charge on any atom is -0.489 e. The van der Waals surface area contributed by atoms with E-state index in [0.29, 0.717) is 36.6 Å². The highest BCUT2D eigenvalue weighted by molar-refractivity contribution is 6.00. The van der Waals surface area contributed by atoms with Gasteiger partial charge in [0.15, 0.2) is 5.78 Å². The summed E-state index contributed by atoms with van der Waals surface area (Å²) in [5.41, 5.74) is 3.42. The number of carbonyl (C=O) groups is 2. The molecule has 1 fully saturated rings. The van der Waals surface area contributed by atoms with E-state index in [0.717, 1.165) is 29.8 Å². The van der Waals surface area contributed by atoms with Crippen LogP contribution in [0.1, 0.15) is 57.2 Å². The first-order valence-corrected chi connectivity index (χ1v) is 10.7. The molecule has 0 radical (unpaired) electrons. The Balaban J connectivity index is 1.35. The van der Waals surface area contributed by atoms with Gasteiger partial charge in [-0.3, -0.25) is 9.59 Å². The van der Waals surface area contributed by atoms with Crippen LogP contribution in [-0.4, -0.2) is 55.4 Å². The van der Waals surface area contributed by atoms with E-state index in [1.54, 1.807) is 9.42 Å². The molecule has 5 rings (SSSR count). The lowest BCUT2D eigenvalue weighted by Gasteiger charge is -2.38. The maximum absolute atomic E-state index is 13.1. The maximum atomic E-state index is 13.1. The SMILES string of the molecule is Cc1ccc2c(c1)C(=O)C[C@@H]([C@@H]1CCCN(C(=O)c3nc4nc(C)cc(C)n4n3)C1)O2. The van der Waals surface area contributed by atoms with E-state index >= 15 is 0 Å². The van der Waals surface area contributed by atoms with Crippen LogP contribution in [0.4, 0.5) is 0 Å². The van der Waals surface area contributed by atoms with E-state index in [-0.39, 0.29) is 29.5 Å². The van der Waals surface area contributed by atoms with Crippen LogP contribution in [0.2, 0.25) is 0 Å². The zero-order chi connectivity index (χ0) is 21.7. The van der Waals surface area contributed by atoms with Gasteiger partial charge in [0.1, 0.15) is 11.9 Å². The fraction of sp³-hybridized carbons (Fsp3) is 0.435. The number of ether oxygens (including phenoxy) is 1. The van der Waals surface area contributed by atoms with Gasteiger partial charge in [0, 0.05) is 36.8 Å². The largest absolute Gasteiger partial charge is 0.489 e. The van der Waals surface area contributed by atoms with Crippen LogP contribution < -0.4 is 4.74 Å². The lowest BCUT2D eigenvalue weighted by atomic mass is 9.86. The number of amides is 1. The van der Waals surface area contributed by atoms with Gasteiger partial charge in [-0.05, 0) is 51.8 Å². The van der Waals surface area contributed by atoms with E-state index < -0.39 is 0 Å². The Hall–Kier alpha value is -3.29. The number of fused-ring (bicyclic) bond motifs is 2. The fourth-order valence-corrected chi connectivity index (χ4v) is 4.62. The normalized spacial score (nSPS) is 21.1. The van der Waals surface area contributed by atoms with Gasteiger partial charge >= 0.3 is 0 Å². The van der Waals surface area contributed by atoms with E-state index in [2.05, 4.69) is 15.1 Å². The van der Waals surface area contributed by atoms with Gasteiger partial charge in [0.2, 0.25) is 5.82 Å². The third-order valence-corrected chi connectivity index (χ3v) is 6.18. The van der Waals surface area contributed by atoms with Crippen molar-refractivity contribution in [2.75, 3.05) is 13.1 Å². The Morgan fingerprint density at radius 2 is 2.00 bits per heavy atom. The molecule has 0 unspecified atom stereocenters. The molecule has 4 heterocycles. The second-order valence-electron chi connectivity index (χ2n) is 8.62. The van der Waals surface area contributed by atoms with E-state index in [1.807, 2.05) is 45.0 Å². The Labute approximate surface area is 180 Å². The predicted molar refractivity (Wildman–Crippen MR) is 113 cm³/mol. The summed E-state index contributed by atoms with van der Waals surface area (Å²) in [6.45, 7) is 6.95. The number of nitrogens with zero attached hydrogens (tertiary/aromatic N) is 5. The number of rotatable bonds is 2. The molecule has 2 aliphatic heterocycles. The van der Waals surface area contributed by atoms with Crippen molar-refractivity contribution in [3.63, 3.8) is 0 Å². The molecule has 0 saturated carbocycles. The van der Waals surface area contributed by atoms with Crippen molar-refractivity contribution in [3.8, 4) is 5.75 Å². The lowest BCUT2D eigenvalue weighted by molar-refractivity contribution is 0.0402. The Bertz CT molecular complexity index is 1200. The summed E-state index contributed by atoms with van der Waals surface area (Å²) in [5, 5.41) is 4.38. The molecule has 8 nitrogen and oxygen atoms in total. The number of benzene rings is 1. The van der Waals surface area contributed by atoms with Crippen LogP contribution in [0, 0.1) is 26.7 Å². The Kier molecular flexibility index (Phi) is 4.72. The van der Waals surface area contributed by atoms with Crippen LogP contribution in [0.5, 0.6) is 5.75 Å². The van der Waals surface area contributed by atoms with Gasteiger partial charge in [0.05, 0.1) is 5.56 Å². The Morgan fingerprint density at radius 1 is 1.16 bits per heavy atom. The minimum atomic E-state index is -0.223. The van der Waals surface area contributed by atoms with Gasteiger partial charge in [-0.15, -0.1) is 5.10 Å². The van der Waals surface area contributed by atoms with Crippen molar-refractivity contribution >= 4 is 17.5 Å². The standard InChI is InChI=1S/C23H25N5O3/c1-13-6-7-19-17(9-13)18(29)11-20(31-19)16-5-4-8-27(12-16)22(30)21-25-23-24-14(2)10-15(3)28(23)26-21/h6-7,9-10,16,20H,4-5,8,11-12H2,1-3H3/t16-,20+/m1/s1. The molecule has 160 valence electrons. The molecule has 0 aliphatic carbocycles. The Morgan fingerprint density at radius 3 is 2.84 bits per heavy atom. The molecular formula is C23H25N5O3. The van der Waals surface area contributed by atoms with Crippen molar-refractivity contribution < 1.29 is 14.3 Å². The van der Waals surface area contributed by atoms with Gasteiger partial charge in [-0.2, -0.15) is 4.98 Å². The van der Waals surface area contributed by atoms with Gasteiger partial charge in [-0.1, -0.05) is 11.6 Å². The summed E-state index contributed by atoms with van der Waals surface area (Å²) in [6.07, 6.45) is 1.90. The number of hydrogen-bond donors (Lipinski definition) is 0. The van der Waals surface area contributed by atoms with Gasteiger partial charge in [0.25, 0.3) is 11.7 Å². The number of carbonyl (C=O) groups excluding carboxylic acids is 2. The van der Waals surface area contributed by atoms with Gasteiger partial charge < -0.3 is 9.64 Å². The second-order valence-corrected chi connectivity index (χ2v) is 8.62. The highest BCUT2D eigenvalue weighted by Crippen LogP contribution is 2.34. The van der Waals surface area contributed by atoms with Crippen molar-refractivity contribution in [1.29, 1.82) is 0 Å². The van der Waals surface area contributed by atoms with E-state index in [4.69, 9.17) is 4.74 Å². The van der Waals surface area contributed by atoms with E-state index in [9.17, 15) is 9.59 Å². The molecule has 1 aromatic carbocycles. The summed E-state index contributed by atoms with van der Waals surface area (Å²) < 4.78 is 7.80. The molecule has 2 aromatic heterocycles. The topological polar surface area (TPSA) is 89.7 Å². The van der Waals surface area contributed by atoms with Crippen LogP contribution >= 0.6 is 0 Å². The van der Waals surface area contributed by atoms with Crippen LogP contribution in [-0.2, 0) is 0 Å². The summed E-state index contributed by atoms with van der Waals surface area (Å²) in [7, 11) is 0. The molecule has 8 heteroatoms. The highest BCUT2D eigenvalue weighted by Gasteiger charge is 2.36. The summed E-state index contributed by atoms with van der Waals surface area (Å²) in [6, 6.07) is 7.62. The number of Topliss-reactive ketones (excluding diaryl/α,β-unsaturated/α-hetero) is 1. The first-order valence-electron chi connectivity index (χ1n) is 10.7. The first kappa shape index (κ1) is 19.7. The highest BCUT2D eigenvalue weighted by atomic mass is 16.5. The summed E-state index contributed by atoms with van der Waals surface area (Å²) in [4.78, 5) is 36.4. The summed E-state index contributed by atoms with van der Waals surface area (Å²) in [5.74, 6) is 1.23. The monoisotopic (exact) mass is 419 g/mol. The van der Waals surface area contributed by atoms with Crippen LogP contribution in [0.3, 0.4) is 0 Å². The van der Waals surface area contributed by atoms with Crippen LogP contribution in [0.25, 0.3) is 5.78 Å². The minimum absolute atomic E-state index is 0.0928. The van der Waals surface area contributed by atoms with Gasteiger partial charge in [-0.25, -0.2) is 9.50 Å². The van der Waals surface area contributed by atoms with Crippen molar-refractivity contribution in [2.24, 2.45) is 5.92 Å². The molecule has 3 aromatic rings. The molecule has 2 aliphatic rings. The number of hydrogen-bond acceptors (Lipinski definition) is 6. The quantitative estimate of drug-likeness (QED) is 0.634. The number of aromatic nitrogens is 4. The van der Waals surface area contributed by atoms with Crippen molar-refractivity contribution in [1.82, 2.24) is 24.5 Å². The molecule has 31 heavy (non-hydrogen) atoms. The molecule has 2 atom stereocenters. The third-order valence-electron chi connectivity index (χ3n) is 6.18. The predicted octanol–water partition coefficient (Wildman–Crippen LogP) is 2.94. The lowest BCUT2D eigenvalue weighted by Crippen LogP contribution is -2.46. The average molecular weight is 419 g/mol. The smallest absolute Gasteiger partial charge is 0.293 e. The number of ketones is 1. The summed E-state index contributed by atoms with van der Waals surface area (Å²) >= 11 is 0. The zero-order valence-electron chi connectivity index (χ0n) is 18.0. The number of piperidine rings is 1. The first-order chi connectivity index (χ1) is 14.9. The van der Waals surface area contributed by atoms with Crippen molar-refractivity contribution in [2.45, 2.75) is 46.1 Å². The molecule has 1 amide bonds. The van der Waals surface area contributed by atoms with Crippen molar-refractivity contribution in [3.05, 3.63) is 52.6 Å². The van der Waals surface area contributed by atoms with E-state index in [1.165, 1.54) is 0 Å². The van der Waals surface area contributed by atoms with Crippen LogP contribution in [0.15, 0.2) is 24.3 Å². The molecule has 1 saturated heterocycles. The number of likely N-dealkylation sites (tertiary alicyclic amines) is 1.